The maximum absolute atomic E-state index is 12.8. The molecule has 166 valence electrons. The molecule has 4 aromatic rings. The summed E-state index contributed by atoms with van der Waals surface area (Å²) in [5, 5.41) is 4.14. The van der Waals surface area contributed by atoms with Gasteiger partial charge in [0.25, 0.3) is 5.91 Å². The van der Waals surface area contributed by atoms with Crippen LogP contribution in [0.2, 0.25) is 0 Å². The maximum atomic E-state index is 12.8. The zero-order chi connectivity index (χ0) is 22.8. The van der Waals surface area contributed by atoms with Gasteiger partial charge in [-0.2, -0.15) is 4.98 Å². The van der Waals surface area contributed by atoms with Gasteiger partial charge in [0.1, 0.15) is 0 Å². The summed E-state index contributed by atoms with van der Waals surface area (Å²) >= 11 is 3.63. The number of para-hydroxylation sites is 1. The predicted octanol–water partition coefficient (Wildman–Crippen LogP) is 4.37. The second-order valence-electron chi connectivity index (χ2n) is 7.87. The summed E-state index contributed by atoms with van der Waals surface area (Å²) in [6, 6.07) is 23.6. The highest BCUT2D eigenvalue weighted by molar-refractivity contribution is 9.10. The number of nitrogens with zero attached hydrogens (tertiary/aromatic N) is 4. The summed E-state index contributed by atoms with van der Waals surface area (Å²) < 4.78 is 1.83. The number of amides is 1. The number of anilines is 3. The van der Waals surface area contributed by atoms with E-state index in [1.165, 1.54) is 0 Å². The third kappa shape index (κ3) is 4.40. The summed E-state index contributed by atoms with van der Waals surface area (Å²) in [6.45, 7) is 3.15. The van der Waals surface area contributed by atoms with Crippen molar-refractivity contribution in [2.45, 2.75) is 0 Å². The highest BCUT2D eigenvalue weighted by Crippen LogP contribution is 2.35. The van der Waals surface area contributed by atoms with Crippen molar-refractivity contribution < 1.29 is 4.79 Å². The van der Waals surface area contributed by atoms with Gasteiger partial charge in [-0.05, 0) is 47.5 Å². The van der Waals surface area contributed by atoms with E-state index in [0.29, 0.717) is 11.4 Å². The van der Waals surface area contributed by atoms with Gasteiger partial charge in [0.15, 0.2) is 5.82 Å². The Morgan fingerprint density at radius 3 is 2.36 bits per heavy atom. The van der Waals surface area contributed by atoms with E-state index in [2.05, 4.69) is 37.5 Å². The first-order valence-electron chi connectivity index (χ1n) is 10.8. The van der Waals surface area contributed by atoms with Crippen LogP contribution in [0.15, 0.2) is 72.8 Å². The summed E-state index contributed by atoms with van der Waals surface area (Å²) in [7, 11) is 0. The Balaban J connectivity index is 1.49. The Morgan fingerprint density at radius 2 is 1.64 bits per heavy atom. The normalized spacial score (nSPS) is 13.8. The Morgan fingerprint density at radius 1 is 0.939 bits per heavy atom. The summed E-state index contributed by atoms with van der Waals surface area (Å²) in [5.74, 6) is 0.947. The van der Waals surface area contributed by atoms with Gasteiger partial charge >= 0.3 is 0 Å². The number of carbonyl (C=O) groups is 1. The van der Waals surface area contributed by atoms with Crippen LogP contribution in [0.25, 0.3) is 22.0 Å². The fourth-order valence-electron chi connectivity index (χ4n) is 4.00. The van der Waals surface area contributed by atoms with Crippen LogP contribution in [0.1, 0.15) is 10.4 Å². The van der Waals surface area contributed by atoms with Crippen LogP contribution >= 0.6 is 16.1 Å². The average Bonchev–Trinajstić information content (AvgIpc) is 2.88. The monoisotopic (exact) mass is 502 g/mol. The zero-order valence-corrected chi connectivity index (χ0v) is 19.5. The van der Waals surface area contributed by atoms with Crippen molar-refractivity contribution in [1.82, 2.24) is 20.2 Å². The predicted molar refractivity (Wildman–Crippen MR) is 136 cm³/mol. The number of benzene rings is 3. The van der Waals surface area contributed by atoms with Gasteiger partial charge in [0, 0.05) is 37.1 Å². The van der Waals surface area contributed by atoms with Gasteiger partial charge in [-0.25, -0.2) is 4.98 Å². The molecule has 1 aliphatic rings. The number of nitrogen functional groups attached to an aromatic ring is 1. The van der Waals surface area contributed by atoms with Crippen molar-refractivity contribution in [1.29, 1.82) is 0 Å². The van der Waals surface area contributed by atoms with Gasteiger partial charge in [-0.15, -0.1) is 0 Å². The van der Waals surface area contributed by atoms with Crippen LogP contribution in [0.3, 0.4) is 0 Å². The van der Waals surface area contributed by atoms with E-state index >= 15 is 0 Å². The van der Waals surface area contributed by atoms with Gasteiger partial charge in [-0.3, -0.25) is 8.72 Å². The number of nitrogens with two attached hydrogens (primary N) is 1. The quantitative estimate of drug-likeness (QED) is 0.402. The molecule has 0 spiro atoms. The Hall–Kier alpha value is -3.49. The topological polar surface area (TPSA) is 87.4 Å². The number of hydrogen-bond donors (Lipinski definition) is 2. The lowest BCUT2D eigenvalue weighted by molar-refractivity contribution is 0.0736. The molecule has 3 aromatic carbocycles. The molecular weight excluding hydrogens is 480 g/mol. The molecule has 2 heterocycles. The van der Waals surface area contributed by atoms with Crippen molar-refractivity contribution in [3.05, 3.63) is 78.4 Å². The van der Waals surface area contributed by atoms with Crippen molar-refractivity contribution in [2.24, 2.45) is 0 Å². The van der Waals surface area contributed by atoms with E-state index in [4.69, 9.17) is 5.73 Å². The Bertz CT molecular complexity index is 1290. The largest absolute Gasteiger partial charge is 0.368 e. The highest BCUT2D eigenvalue weighted by Gasteiger charge is 2.18. The first-order valence-corrected chi connectivity index (χ1v) is 11.5. The molecule has 1 fully saturated rings. The average molecular weight is 503 g/mol. The molecule has 33 heavy (non-hydrogen) atoms. The lowest BCUT2D eigenvalue weighted by atomic mass is 10.0. The molecule has 0 aliphatic carbocycles. The van der Waals surface area contributed by atoms with E-state index in [-0.39, 0.29) is 11.9 Å². The highest BCUT2D eigenvalue weighted by atomic mass is 79.9. The SMILES string of the molecule is Nc1nc(N(Br)c2ccccc2)c2cc(-c3ccc(C(=O)N4CCNCC4)cc3)ccc2n1. The van der Waals surface area contributed by atoms with Crippen LogP contribution in [-0.4, -0.2) is 47.0 Å². The third-order valence-corrected chi connectivity index (χ3v) is 6.48. The van der Waals surface area contributed by atoms with Crippen LogP contribution in [0.5, 0.6) is 0 Å². The molecule has 7 nitrogen and oxygen atoms in total. The minimum absolute atomic E-state index is 0.0746. The summed E-state index contributed by atoms with van der Waals surface area (Å²) in [5.41, 5.74) is 10.4. The van der Waals surface area contributed by atoms with Gasteiger partial charge in [0.2, 0.25) is 5.95 Å². The number of carbonyl (C=O) groups excluding carboxylic acids is 1. The van der Waals surface area contributed by atoms with Crippen molar-refractivity contribution in [3.63, 3.8) is 0 Å². The van der Waals surface area contributed by atoms with Crippen molar-refractivity contribution >= 4 is 50.4 Å². The molecule has 5 rings (SSSR count). The smallest absolute Gasteiger partial charge is 0.253 e. The number of nitrogens with one attached hydrogen (secondary N) is 1. The minimum Gasteiger partial charge on any atom is -0.368 e. The summed E-state index contributed by atoms with van der Waals surface area (Å²) in [6.07, 6.45) is 0. The molecule has 0 saturated carbocycles. The van der Waals surface area contributed by atoms with Gasteiger partial charge in [0.05, 0.1) is 27.4 Å². The van der Waals surface area contributed by atoms with E-state index in [1.54, 1.807) is 0 Å². The zero-order valence-electron chi connectivity index (χ0n) is 17.9. The fraction of sp³-hybridized carbons (Fsp3) is 0.160. The van der Waals surface area contributed by atoms with Gasteiger partial charge in [-0.1, -0.05) is 36.4 Å². The molecule has 0 unspecified atom stereocenters. The Kier molecular flexibility index (Phi) is 5.93. The molecule has 1 saturated heterocycles. The van der Waals surface area contributed by atoms with Crippen LogP contribution in [-0.2, 0) is 0 Å². The van der Waals surface area contributed by atoms with Crippen molar-refractivity contribution in [3.8, 4) is 11.1 Å². The molecule has 0 radical (unpaired) electrons. The molecule has 8 heteroatoms. The molecule has 1 amide bonds. The molecule has 0 bridgehead atoms. The van der Waals surface area contributed by atoms with E-state index in [1.807, 2.05) is 75.6 Å². The molecule has 1 aromatic heterocycles. The minimum atomic E-state index is 0.0746. The second kappa shape index (κ2) is 9.17. The summed E-state index contributed by atoms with van der Waals surface area (Å²) in [4.78, 5) is 23.6. The molecule has 3 N–H and O–H groups in total. The first-order chi connectivity index (χ1) is 16.1. The standard InChI is InChI=1S/C25H23BrN6O/c26-32(20-4-2-1-3-5-20)23-21-16-19(10-11-22(21)29-25(27)30-23)17-6-8-18(9-7-17)24(33)31-14-12-28-13-15-31/h1-11,16,28H,12-15H2,(H2,27,29,30). The molecule has 1 aliphatic heterocycles. The first kappa shape index (κ1) is 21.4. The number of fused-ring (bicyclic) bond motifs is 1. The fourth-order valence-corrected chi connectivity index (χ4v) is 4.50. The van der Waals surface area contributed by atoms with E-state index in [0.717, 1.165) is 53.9 Å². The number of halogens is 1. The lowest BCUT2D eigenvalue weighted by Crippen LogP contribution is -2.46. The number of hydrogen-bond acceptors (Lipinski definition) is 6. The number of rotatable bonds is 4. The third-order valence-electron chi connectivity index (χ3n) is 5.73. The van der Waals surface area contributed by atoms with Crippen LogP contribution in [0.4, 0.5) is 17.5 Å². The van der Waals surface area contributed by atoms with Crippen molar-refractivity contribution in [2.75, 3.05) is 35.8 Å². The van der Waals surface area contributed by atoms with Gasteiger partial charge < -0.3 is 16.0 Å². The molecular formula is C25H23BrN6O. The number of piperazine rings is 1. The number of aromatic nitrogens is 2. The van der Waals surface area contributed by atoms with Crippen LogP contribution < -0.4 is 15.0 Å². The Labute approximate surface area is 200 Å². The lowest BCUT2D eigenvalue weighted by Gasteiger charge is -2.27. The van der Waals surface area contributed by atoms with E-state index < -0.39 is 0 Å². The van der Waals surface area contributed by atoms with Crippen LogP contribution in [0, 0.1) is 0 Å². The van der Waals surface area contributed by atoms with E-state index in [9.17, 15) is 4.79 Å². The molecule has 0 atom stereocenters. The second-order valence-corrected chi connectivity index (χ2v) is 8.58. The maximum Gasteiger partial charge on any atom is 0.253 e.